The number of carbonyl (C=O) groups excluding carboxylic acids is 2. The van der Waals surface area contributed by atoms with Crippen LogP contribution in [0, 0.1) is 18.6 Å². The fourth-order valence-corrected chi connectivity index (χ4v) is 1.70. The summed E-state index contributed by atoms with van der Waals surface area (Å²) >= 11 is 0. The summed E-state index contributed by atoms with van der Waals surface area (Å²) in [6.07, 6.45) is 0.163. The standard InChI is InChI=1S/C15H13F2NO4/c1-8-11(5-6-21-8)15(20)22-9(2)14(19)18-13-4-3-10(16)7-12(13)17/h3-7,9H,1-2H3,(H,18,19)/t9-/m1/s1. The second kappa shape index (κ2) is 6.38. The maximum Gasteiger partial charge on any atom is 0.342 e. The van der Waals surface area contributed by atoms with Gasteiger partial charge in [0.2, 0.25) is 0 Å². The van der Waals surface area contributed by atoms with Crippen molar-refractivity contribution in [1.82, 2.24) is 0 Å². The van der Waals surface area contributed by atoms with Crippen LogP contribution in [0.15, 0.2) is 34.9 Å². The van der Waals surface area contributed by atoms with E-state index in [0.717, 1.165) is 12.1 Å². The Kier molecular flexibility index (Phi) is 4.55. The van der Waals surface area contributed by atoms with Gasteiger partial charge >= 0.3 is 5.97 Å². The molecule has 0 aliphatic heterocycles. The summed E-state index contributed by atoms with van der Waals surface area (Å²) in [6, 6.07) is 4.14. The van der Waals surface area contributed by atoms with Crippen molar-refractivity contribution in [2.75, 3.05) is 5.32 Å². The molecule has 2 rings (SSSR count). The van der Waals surface area contributed by atoms with Crippen molar-refractivity contribution in [3.8, 4) is 0 Å². The second-order valence-corrected chi connectivity index (χ2v) is 4.55. The van der Waals surface area contributed by atoms with Gasteiger partial charge in [0.25, 0.3) is 5.91 Å². The molecule has 22 heavy (non-hydrogen) atoms. The van der Waals surface area contributed by atoms with Crippen molar-refractivity contribution >= 4 is 17.6 Å². The summed E-state index contributed by atoms with van der Waals surface area (Å²) in [5.41, 5.74) is 0.00130. The van der Waals surface area contributed by atoms with E-state index in [4.69, 9.17) is 9.15 Å². The minimum Gasteiger partial charge on any atom is -0.469 e. The third-order valence-electron chi connectivity index (χ3n) is 2.92. The van der Waals surface area contributed by atoms with E-state index in [9.17, 15) is 18.4 Å². The topological polar surface area (TPSA) is 68.5 Å². The minimum absolute atomic E-state index is 0.200. The molecule has 0 aliphatic rings. The van der Waals surface area contributed by atoms with Crippen LogP contribution >= 0.6 is 0 Å². The van der Waals surface area contributed by atoms with Gasteiger partial charge in [-0.15, -0.1) is 0 Å². The van der Waals surface area contributed by atoms with Gasteiger partial charge in [-0.05, 0) is 32.0 Å². The zero-order chi connectivity index (χ0) is 16.3. The molecule has 1 heterocycles. The van der Waals surface area contributed by atoms with Gasteiger partial charge < -0.3 is 14.5 Å². The molecule has 0 saturated carbocycles. The van der Waals surface area contributed by atoms with E-state index in [1.165, 1.54) is 19.3 Å². The maximum absolute atomic E-state index is 13.4. The lowest BCUT2D eigenvalue weighted by atomic mass is 10.2. The zero-order valence-electron chi connectivity index (χ0n) is 11.9. The predicted octanol–water partition coefficient (Wildman–Crippen LogP) is 3.05. The number of ether oxygens (including phenoxy) is 1. The third-order valence-corrected chi connectivity index (χ3v) is 2.92. The van der Waals surface area contributed by atoms with E-state index in [1.54, 1.807) is 6.92 Å². The maximum atomic E-state index is 13.4. The highest BCUT2D eigenvalue weighted by atomic mass is 19.1. The fourth-order valence-electron chi connectivity index (χ4n) is 1.70. The van der Waals surface area contributed by atoms with Crippen LogP contribution < -0.4 is 5.32 Å². The lowest BCUT2D eigenvalue weighted by molar-refractivity contribution is -0.123. The highest BCUT2D eigenvalue weighted by Crippen LogP contribution is 2.16. The number of hydrogen-bond donors (Lipinski definition) is 1. The Hall–Kier alpha value is -2.70. The van der Waals surface area contributed by atoms with Gasteiger partial charge in [-0.1, -0.05) is 0 Å². The normalized spacial score (nSPS) is 11.8. The van der Waals surface area contributed by atoms with Crippen LogP contribution in [0.3, 0.4) is 0 Å². The van der Waals surface area contributed by atoms with Crippen LogP contribution in [0.4, 0.5) is 14.5 Å². The summed E-state index contributed by atoms with van der Waals surface area (Å²) < 4.78 is 36.1. The van der Waals surface area contributed by atoms with Crippen molar-refractivity contribution in [1.29, 1.82) is 0 Å². The van der Waals surface area contributed by atoms with Crippen LogP contribution in [0.1, 0.15) is 23.0 Å². The molecule has 0 saturated heterocycles. The average Bonchev–Trinajstić information content (AvgIpc) is 2.88. The van der Waals surface area contributed by atoms with Crippen LogP contribution in [0.2, 0.25) is 0 Å². The summed E-state index contributed by atoms with van der Waals surface area (Å²) in [6.45, 7) is 2.92. The SMILES string of the molecule is Cc1occc1C(=O)O[C@H](C)C(=O)Nc1ccc(F)cc1F. The monoisotopic (exact) mass is 309 g/mol. The van der Waals surface area contributed by atoms with Gasteiger partial charge in [-0.25, -0.2) is 13.6 Å². The first kappa shape index (κ1) is 15.7. The Morgan fingerprint density at radius 2 is 2.00 bits per heavy atom. The van der Waals surface area contributed by atoms with Gasteiger partial charge in [0.15, 0.2) is 6.10 Å². The van der Waals surface area contributed by atoms with Crippen LogP contribution in [-0.2, 0) is 9.53 Å². The Morgan fingerprint density at radius 1 is 1.27 bits per heavy atom. The van der Waals surface area contributed by atoms with Crippen molar-refractivity contribution in [3.63, 3.8) is 0 Å². The number of halogens is 2. The number of aryl methyl sites for hydroxylation is 1. The van der Waals surface area contributed by atoms with E-state index in [-0.39, 0.29) is 11.3 Å². The molecule has 2 aromatic rings. The molecule has 0 spiro atoms. The van der Waals surface area contributed by atoms with Gasteiger partial charge in [0.1, 0.15) is 23.0 Å². The summed E-state index contributed by atoms with van der Waals surface area (Å²) in [5, 5.41) is 2.22. The molecule has 7 heteroatoms. The number of benzene rings is 1. The Balaban J connectivity index is 2.00. The molecule has 1 aromatic carbocycles. The van der Waals surface area contributed by atoms with E-state index >= 15 is 0 Å². The van der Waals surface area contributed by atoms with E-state index < -0.39 is 29.6 Å². The zero-order valence-corrected chi connectivity index (χ0v) is 11.9. The predicted molar refractivity (Wildman–Crippen MR) is 73.3 cm³/mol. The number of esters is 1. The van der Waals surface area contributed by atoms with Crippen molar-refractivity contribution in [3.05, 3.63) is 53.5 Å². The molecular weight excluding hydrogens is 296 g/mol. The smallest absolute Gasteiger partial charge is 0.342 e. The van der Waals surface area contributed by atoms with Crippen LogP contribution in [-0.4, -0.2) is 18.0 Å². The van der Waals surface area contributed by atoms with Crippen molar-refractivity contribution in [2.45, 2.75) is 20.0 Å². The molecule has 1 N–H and O–H groups in total. The first-order valence-corrected chi connectivity index (χ1v) is 6.39. The van der Waals surface area contributed by atoms with Gasteiger partial charge in [0.05, 0.1) is 12.0 Å². The molecule has 1 atom stereocenters. The molecule has 0 aliphatic carbocycles. The van der Waals surface area contributed by atoms with Gasteiger partial charge in [-0.2, -0.15) is 0 Å². The van der Waals surface area contributed by atoms with E-state index in [2.05, 4.69) is 5.32 Å². The highest BCUT2D eigenvalue weighted by Gasteiger charge is 2.22. The number of nitrogens with one attached hydrogen (secondary N) is 1. The molecule has 5 nitrogen and oxygen atoms in total. The number of carbonyl (C=O) groups is 2. The number of anilines is 1. The van der Waals surface area contributed by atoms with Gasteiger partial charge in [0, 0.05) is 6.07 Å². The fraction of sp³-hybridized carbons (Fsp3) is 0.200. The molecule has 0 fully saturated rings. The number of furan rings is 1. The Morgan fingerprint density at radius 3 is 2.59 bits per heavy atom. The lowest BCUT2D eigenvalue weighted by Crippen LogP contribution is -2.30. The summed E-state index contributed by atoms with van der Waals surface area (Å²) in [4.78, 5) is 23.7. The van der Waals surface area contributed by atoms with Crippen LogP contribution in [0.25, 0.3) is 0 Å². The number of amides is 1. The molecular formula is C15H13F2NO4. The molecule has 1 amide bonds. The Bertz CT molecular complexity index is 711. The first-order chi connectivity index (χ1) is 10.4. The lowest BCUT2D eigenvalue weighted by Gasteiger charge is -2.13. The van der Waals surface area contributed by atoms with E-state index in [1.807, 2.05) is 0 Å². The van der Waals surface area contributed by atoms with Gasteiger partial charge in [-0.3, -0.25) is 4.79 Å². The number of rotatable bonds is 4. The molecule has 1 aromatic heterocycles. The molecule has 0 radical (unpaired) electrons. The quantitative estimate of drug-likeness (QED) is 0.881. The number of hydrogen-bond acceptors (Lipinski definition) is 4. The summed E-state index contributed by atoms with van der Waals surface area (Å²) in [5.74, 6) is -2.78. The second-order valence-electron chi connectivity index (χ2n) is 4.55. The first-order valence-electron chi connectivity index (χ1n) is 6.39. The molecule has 0 bridgehead atoms. The Labute approximate surface area is 124 Å². The minimum atomic E-state index is -1.16. The third kappa shape index (κ3) is 3.49. The summed E-state index contributed by atoms with van der Waals surface area (Å²) in [7, 11) is 0. The van der Waals surface area contributed by atoms with E-state index in [0.29, 0.717) is 11.8 Å². The molecule has 116 valence electrons. The van der Waals surface area contributed by atoms with Crippen LogP contribution in [0.5, 0.6) is 0 Å². The largest absolute Gasteiger partial charge is 0.469 e. The van der Waals surface area contributed by atoms with Crippen molar-refractivity contribution in [2.24, 2.45) is 0 Å². The molecule has 0 unspecified atom stereocenters. The highest BCUT2D eigenvalue weighted by molar-refractivity contribution is 5.97. The average molecular weight is 309 g/mol. The van der Waals surface area contributed by atoms with Crippen molar-refractivity contribution < 1.29 is 27.5 Å².